The average Bonchev–Trinajstić information content (AvgIpc) is 3.23. The quantitative estimate of drug-likeness (QED) is 0.389. The van der Waals surface area contributed by atoms with E-state index in [-0.39, 0.29) is 0 Å². The van der Waals surface area contributed by atoms with E-state index in [1.807, 2.05) is 22.9 Å². The van der Waals surface area contributed by atoms with E-state index in [0.717, 1.165) is 56.8 Å². The number of phenolic OH excluding ortho intramolecular Hbond substituents is 1. The lowest BCUT2D eigenvalue weighted by molar-refractivity contribution is -0.404. The van der Waals surface area contributed by atoms with Crippen LogP contribution < -0.4 is 0 Å². The molecule has 1 N–H and O–H groups in total. The Morgan fingerprint density at radius 3 is 2.15 bits per heavy atom. The molecule has 1 aliphatic heterocycles. The fourth-order valence-corrected chi connectivity index (χ4v) is 3.32. The molecule has 0 spiro atoms. The molecule has 1 saturated heterocycles. The number of nitro benzene ring substituents is 3. The Balaban J connectivity index is 0.000000192. The molecule has 0 amide bonds. The molecule has 0 aliphatic carbocycles. The number of ether oxygens (including phenoxy) is 1. The molecule has 0 unspecified atom stereocenters. The number of aromatic nitrogens is 3. The van der Waals surface area contributed by atoms with Crippen LogP contribution in [0.3, 0.4) is 0 Å². The van der Waals surface area contributed by atoms with Crippen LogP contribution in [0.1, 0.15) is 6.42 Å². The normalized spacial score (nSPS) is 13.8. The summed E-state index contributed by atoms with van der Waals surface area (Å²) in [5.74, 6) is -1.21. The van der Waals surface area contributed by atoms with Gasteiger partial charge in [-0.05, 0) is 18.6 Å². The van der Waals surface area contributed by atoms with Crippen molar-refractivity contribution in [3.8, 4) is 5.75 Å². The Bertz CT molecular complexity index is 1160. The van der Waals surface area contributed by atoms with Crippen LogP contribution in [0.15, 0.2) is 36.4 Å². The smallest absolute Gasteiger partial charge is 0.324 e. The second-order valence-electron chi connectivity index (χ2n) is 7.21. The lowest BCUT2D eigenvalue weighted by atomic mass is 10.2. The molecule has 1 fully saturated rings. The van der Waals surface area contributed by atoms with E-state index >= 15 is 0 Å². The van der Waals surface area contributed by atoms with Crippen molar-refractivity contribution in [2.45, 2.75) is 13.0 Å². The summed E-state index contributed by atoms with van der Waals surface area (Å²) in [6.45, 7) is 5.88. The zero-order valence-corrected chi connectivity index (χ0v) is 17.8. The highest BCUT2D eigenvalue weighted by Crippen LogP contribution is 2.38. The highest BCUT2D eigenvalue weighted by Gasteiger charge is 2.30. The summed E-state index contributed by atoms with van der Waals surface area (Å²) in [7, 11) is 0. The van der Waals surface area contributed by atoms with Crippen molar-refractivity contribution >= 4 is 28.1 Å². The number of hydrogen-bond donors (Lipinski definition) is 1. The molecule has 180 valence electrons. The van der Waals surface area contributed by atoms with E-state index in [1.54, 1.807) is 0 Å². The fraction of sp³-hybridized carbons (Fsp3) is 0.368. The lowest BCUT2D eigenvalue weighted by Crippen LogP contribution is -2.37. The number of nitrogens with zero attached hydrogens (tertiary/aromatic N) is 7. The molecule has 3 aromatic rings. The molecule has 4 rings (SSSR count). The second-order valence-corrected chi connectivity index (χ2v) is 7.21. The topological polar surface area (TPSA) is 193 Å². The molecule has 1 aromatic heterocycles. The third-order valence-corrected chi connectivity index (χ3v) is 5.03. The number of aryl methyl sites for hydroxylation is 1. The maximum Gasteiger partial charge on any atom is 0.324 e. The van der Waals surface area contributed by atoms with Crippen LogP contribution >= 0.6 is 0 Å². The number of nitro groups is 3. The number of hydrogen-bond acceptors (Lipinski definition) is 11. The van der Waals surface area contributed by atoms with E-state index in [1.165, 1.54) is 0 Å². The zero-order valence-electron chi connectivity index (χ0n) is 17.8. The largest absolute Gasteiger partial charge is 0.497 e. The number of aromatic hydroxyl groups is 1. The van der Waals surface area contributed by atoms with Crippen LogP contribution in [-0.2, 0) is 11.3 Å². The third-order valence-electron chi connectivity index (χ3n) is 5.03. The molecule has 0 atom stereocenters. The predicted molar refractivity (Wildman–Crippen MR) is 117 cm³/mol. The Hall–Kier alpha value is -4.24. The van der Waals surface area contributed by atoms with Gasteiger partial charge in [0.2, 0.25) is 0 Å². The van der Waals surface area contributed by atoms with Crippen LogP contribution in [0.4, 0.5) is 17.1 Å². The van der Waals surface area contributed by atoms with Gasteiger partial charge in [-0.3, -0.25) is 35.2 Å². The molecular weight excluding hydrogens is 454 g/mol. The summed E-state index contributed by atoms with van der Waals surface area (Å²) in [4.78, 5) is 30.2. The predicted octanol–water partition coefficient (Wildman–Crippen LogP) is 2.27. The average molecular weight is 475 g/mol. The molecule has 0 saturated carbocycles. The minimum atomic E-state index is -1.21. The van der Waals surface area contributed by atoms with Crippen molar-refractivity contribution in [2.75, 3.05) is 32.8 Å². The van der Waals surface area contributed by atoms with Gasteiger partial charge in [0.1, 0.15) is 5.52 Å². The Morgan fingerprint density at radius 1 is 0.941 bits per heavy atom. The number of para-hydroxylation sites is 1. The Morgan fingerprint density at radius 2 is 1.56 bits per heavy atom. The first-order valence-electron chi connectivity index (χ1n) is 10.2. The van der Waals surface area contributed by atoms with Gasteiger partial charge in [0.25, 0.3) is 11.4 Å². The number of non-ortho nitro benzene ring substituents is 1. The van der Waals surface area contributed by atoms with E-state index < -0.39 is 37.6 Å². The molecule has 1 aliphatic rings. The number of morpholine rings is 1. The van der Waals surface area contributed by atoms with Crippen LogP contribution in [0.2, 0.25) is 0 Å². The van der Waals surface area contributed by atoms with Crippen molar-refractivity contribution < 1.29 is 24.6 Å². The second kappa shape index (κ2) is 11.1. The van der Waals surface area contributed by atoms with E-state index in [0.29, 0.717) is 12.1 Å². The first-order chi connectivity index (χ1) is 16.3. The summed E-state index contributed by atoms with van der Waals surface area (Å²) in [6.07, 6.45) is 1.10. The molecule has 2 heterocycles. The first kappa shape index (κ1) is 24.4. The number of rotatable bonds is 7. The molecule has 0 bridgehead atoms. The zero-order chi connectivity index (χ0) is 24.7. The van der Waals surface area contributed by atoms with Crippen molar-refractivity contribution in [1.82, 2.24) is 19.9 Å². The number of fused-ring (bicyclic) bond motifs is 1. The SMILES string of the molecule is O=[N+]([O-])c1cc([N+](=O)[O-])c(O)c([N+](=O)[O-])c1.c1ccc2c(c1)nnn2CCCN1CCOCC1. The first-order valence-corrected chi connectivity index (χ1v) is 10.2. The summed E-state index contributed by atoms with van der Waals surface area (Å²) in [6, 6.07) is 8.99. The Kier molecular flexibility index (Phi) is 7.94. The van der Waals surface area contributed by atoms with Gasteiger partial charge in [0, 0.05) is 26.2 Å². The maximum absolute atomic E-state index is 10.4. The summed E-state index contributed by atoms with van der Waals surface area (Å²) >= 11 is 0. The fourth-order valence-electron chi connectivity index (χ4n) is 3.32. The third kappa shape index (κ3) is 5.96. The van der Waals surface area contributed by atoms with Crippen LogP contribution in [0.25, 0.3) is 11.0 Å². The van der Waals surface area contributed by atoms with Crippen LogP contribution in [0.5, 0.6) is 5.75 Å². The maximum atomic E-state index is 10.4. The standard InChI is InChI=1S/C13H18N4O.C6H3N3O7/c1-2-5-13-12(4-1)14-15-17(13)7-3-6-16-8-10-18-11-9-16;10-6-4(8(13)14)1-3(7(11)12)2-5(6)9(15)16/h1-2,4-5H,3,6-11H2;1-2,10H. The van der Waals surface area contributed by atoms with Gasteiger partial charge in [-0.25, -0.2) is 4.68 Å². The van der Waals surface area contributed by atoms with Gasteiger partial charge in [0.05, 0.1) is 45.6 Å². The molecule has 34 heavy (non-hydrogen) atoms. The molecule has 15 heteroatoms. The highest BCUT2D eigenvalue weighted by molar-refractivity contribution is 5.73. The summed E-state index contributed by atoms with van der Waals surface area (Å²) < 4.78 is 7.34. The Labute approximate surface area is 191 Å². The van der Waals surface area contributed by atoms with Crippen molar-refractivity contribution in [3.63, 3.8) is 0 Å². The van der Waals surface area contributed by atoms with E-state index in [9.17, 15) is 30.3 Å². The monoisotopic (exact) mass is 475 g/mol. The summed E-state index contributed by atoms with van der Waals surface area (Å²) in [5.41, 5.74) is -0.902. The molecule has 0 radical (unpaired) electrons. The highest BCUT2D eigenvalue weighted by atomic mass is 16.6. The van der Waals surface area contributed by atoms with Gasteiger partial charge in [-0.1, -0.05) is 17.3 Å². The van der Waals surface area contributed by atoms with Crippen LogP contribution in [-0.4, -0.2) is 72.6 Å². The molecule has 2 aromatic carbocycles. The van der Waals surface area contributed by atoms with Crippen molar-refractivity contribution in [1.29, 1.82) is 0 Å². The minimum Gasteiger partial charge on any atom is -0.497 e. The molecule has 15 nitrogen and oxygen atoms in total. The molecular formula is C19H21N7O8. The van der Waals surface area contributed by atoms with Crippen molar-refractivity contribution in [2.24, 2.45) is 0 Å². The summed E-state index contributed by atoms with van der Waals surface area (Å²) in [5, 5.41) is 48.6. The van der Waals surface area contributed by atoms with Gasteiger partial charge in [0.15, 0.2) is 0 Å². The van der Waals surface area contributed by atoms with Gasteiger partial charge in [-0.15, -0.1) is 5.10 Å². The van der Waals surface area contributed by atoms with Crippen molar-refractivity contribution in [3.05, 3.63) is 66.7 Å². The van der Waals surface area contributed by atoms with E-state index in [2.05, 4.69) is 21.3 Å². The number of phenols is 1. The van der Waals surface area contributed by atoms with Gasteiger partial charge < -0.3 is 9.84 Å². The lowest BCUT2D eigenvalue weighted by Gasteiger charge is -2.26. The van der Waals surface area contributed by atoms with Gasteiger partial charge in [-0.2, -0.15) is 0 Å². The number of benzene rings is 2. The van der Waals surface area contributed by atoms with Gasteiger partial charge >= 0.3 is 11.4 Å². The van der Waals surface area contributed by atoms with E-state index in [4.69, 9.17) is 9.84 Å². The van der Waals surface area contributed by atoms with Crippen LogP contribution in [0, 0.1) is 30.3 Å². The minimum absolute atomic E-state index is 0.447.